The zero-order valence-electron chi connectivity index (χ0n) is 15.4. The minimum Gasteiger partial charge on any atom is -0.497 e. The van der Waals surface area contributed by atoms with E-state index in [4.69, 9.17) is 16.3 Å². The smallest absolute Gasteiger partial charge is 0.280 e. The van der Waals surface area contributed by atoms with Crippen LogP contribution in [0.5, 0.6) is 5.75 Å². The van der Waals surface area contributed by atoms with Crippen LogP contribution >= 0.6 is 11.6 Å². The van der Waals surface area contributed by atoms with Crippen LogP contribution in [0.25, 0.3) is 16.6 Å². The van der Waals surface area contributed by atoms with Gasteiger partial charge in [-0.25, -0.2) is 4.68 Å². The van der Waals surface area contributed by atoms with E-state index in [0.717, 1.165) is 11.3 Å². The summed E-state index contributed by atoms with van der Waals surface area (Å²) in [4.78, 5) is 25.7. The first-order valence-corrected chi connectivity index (χ1v) is 9.10. The number of H-pyrrole nitrogens is 1. The van der Waals surface area contributed by atoms with E-state index in [2.05, 4.69) is 5.10 Å². The Labute approximate surface area is 165 Å². The largest absolute Gasteiger partial charge is 0.497 e. The van der Waals surface area contributed by atoms with Crippen LogP contribution in [0.3, 0.4) is 0 Å². The molecule has 28 heavy (non-hydrogen) atoms. The third-order valence-electron chi connectivity index (χ3n) is 4.81. The Morgan fingerprint density at radius 2 is 1.79 bits per heavy atom. The van der Waals surface area contributed by atoms with E-state index < -0.39 is 0 Å². The summed E-state index contributed by atoms with van der Waals surface area (Å²) in [7, 11) is 1.60. The zero-order valence-corrected chi connectivity index (χ0v) is 16.2. The van der Waals surface area contributed by atoms with Crippen molar-refractivity contribution in [2.24, 2.45) is 0 Å². The van der Waals surface area contributed by atoms with Gasteiger partial charge >= 0.3 is 0 Å². The molecule has 7 heteroatoms. The number of nitrogens with one attached hydrogen (secondary N) is 1. The number of aryl methyl sites for hydroxylation is 1. The lowest BCUT2D eigenvalue weighted by Gasteiger charge is -2.10. The third-order valence-corrected chi connectivity index (χ3v) is 5.13. The number of methoxy groups -OCH3 is 1. The van der Waals surface area contributed by atoms with Gasteiger partial charge in [0.25, 0.3) is 11.1 Å². The Bertz CT molecular complexity index is 1280. The summed E-state index contributed by atoms with van der Waals surface area (Å²) in [5.41, 5.74) is 2.13. The van der Waals surface area contributed by atoms with Crippen molar-refractivity contribution >= 4 is 22.5 Å². The van der Waals surface area contributed by atoms with Crippen molar-refractivity contribution in [2.45, 2.75) is 13.5 Å². The van der Waals surface area contributed by atoms with Gasteiger partial charge in [0.1, 0.15) is 5.75 Å². The van der Waals surface area contributed by atoms with Gasteiger partial charge in [0, 0.05) is 11.8 Å². The van der Waals surface area contributed by atoms with Gasteiger partial charge in [0.05, 0.1) is 35.3 Å². The summed E-state index contributed by atoms with van der Waals surface area (Å²) in [6.45, 7) is 2.14. The minimum absolute atomic E-state index is 0.187. The fourth-order valence-electron chi connectivity index (χ4n) is 3.32. The van der Waals surface area contributed by atoms with Crippen molar-refractivity contribution in [3.05, 3.63) is 91.6 Å². The molecule has 4 aromatic rings. The minimum atomic E-state index is -0.246. The first-order valence-electron chi connectivity index (χ1n) is 8.72. The van der Waals surface area contributed by atoms with Gasteiger partial charge < -0.3 is 9.30 Å². The van der Waals surface area contributed by atoms with Crippen LogP contribution < -0.4 is 15.9 Å². The monoisotopic (exact) mass is 395 g/mol. The number of ether oxygens (including phenoxy) is 1. The molecule has 0 saturated carbocycles. The lowest BCUT2D eigenvalue weighted by molar-refractivity contribution is 0.414. The summed E-state index contributed by atoms with van der Waals surface area (Å²) in [5, 5.41) is 3.91. The Hall–Kier alpha value is -3.25. The SMILES string of the molecule is COc1ccc(Cn2c(C)c3c(=O)n(-c4ccccc4Cl)[nH]c3cc2=O)cc1. The van der Waals surface area contributed by atoms with Crippen molar-refractivity contribution in [3.63, 3.8) is 0 Å². The fraction of sp³-hybridized carbons (Fsp3) is 0.143. The van der Waals surface area contributed by atoms with Crippen LogP contribution in [0, 0.1) is 6.92 Å². The summed E-state index contributed by atoms with van der Waals surface area (Å²) >= 11 is 6.24. The van der Waals surface area contributed by atoms with Gasteiger partial charge in [0.2, 0.25) is 0 Å². The second-order valence-electron chi connectivity index (χ2n) is 6.49. The van der Waals surface area contributed by atoms with E-state index in [0.29, 0.717) is 33.9 Å². The number of nitrogens with zero attached hydrogens (tertiary/aromatic N) is 2. The average Bonchev–Trinajstić information content (AvgIpc) is 3.02. The van der Waals surface area contributed by atoms with Crippen LogP contribution in [-0.4, -0.2) is 21.5 Å². The molecule has 0 amide bonds. The second kappa shape index (κ2) is 7.05. The number of benzene rings is 2. The molecule has 0 saturated heterocycles. The number of para-hydroxylation sites is 1. The highest BCUT2D eigenvalue weighted by Crippen LogP contribution is 2.20. The molecule has 0 fully saturated rings. The van der Waals surface area contributed by atoms with E-state index in [1.165, 1.54) is 10.7 Å². The molecule has 0 radical (unpaired) electrons. The molecule has 0 atom stereocenters. The molecule has 0 unspecified atom stereocenters. The fourth-order valence-corrected chi connectivity index (χ4v) is 3.54. The molecule has 2 heterocycles. The van der Waals surface area contributed by atoms with Crippen LogP contribution in [0.1, 0.15) is 11.3 Å². The summed E-state index contributed by atoms with van der Waals surface area (Å²) in [6.07, 6.45) is 0. The number of hydrogen-bond acceptors (Lipinski definition) is 3. The Morgan fingerprint density at radius 3 is 2.46 bits per heavy atom. The normalized spacial score (nSPS) is 11.1. The number of hydrogen-bond donors (Lipinski definition) is 1. The predicted octanol–water partition coefficient (Wildman–Crippen LogP) is 3.50. The molecule has 2 aromatic carbocycles. The molecule has 0 spiro atoms. The molecule has 1 N–H and O–H groups in total. The molecular formula is C21H18ClN3O3. The van der Waals surface area contributed by atoms with E-state index in [9.17, 15) is 9.59 Å². The standard InChI is InChI=1S/C21H18ClN3O3/c1-13-20-17(23-25(21(20)27)18-6-4-3-5-16(18)22)11-19(26)24(13)12-14-7-9-15(28-2)10-8-14/h3-11,23H,12H2,1-2H3. The van der Waals surface area contributed by atoms with E-state index in [1.54, 1.807) is 42.9 Å². The predicted molar refractivity (Wildman–Crippen MR) is 110 cm³/mol. The number of rotatable bonds is 4. The van der Waals surface area contributed by atoms with Crippen LogP contribution in [0.15, 0.2) is 64.2 Å². The topological polar surface area (TPSA) is 69.0 Å². The number of aromatic nitrogens is 3. The van der Waals surface area contributed by atoms with Gasteiger partial charge in [-0.2, -0.15) is 0 Å². The molecule has 0 aliphatic heterocycles. The van der Waals surface area contributed by atoms with Gasteiger partial charge in [-0.3, -0.25) is 14.7 Å². The second-order valence-corrected chi connectivity index (χ2v) is 6.90. The molecule has 142 valence electrons. The molecule has 2 aromatic heterocycles. The maximum absolute atomic E-state index is 13.0. The van der Waals surface area contributed by atoms with Gasteiger partial charge in [-0.15, -0.1) is 0 Å². The van der Waals surface area contributed by atoms with Crippen LogP contribution in [0.2, 0.25) is 5.02 Å². The van der Waals surface area contributed by atoms with Gasteiger partial charge in [0.15, 0.2) is 0 Å². The summed E-state index contributed by atoms with van der Waals surface area (Å²) in [6, 6.07) is 16.0. The molecule has 4 rings (SSSR count). The quantitative estimate of drug-likeness (QED) is 0.575. The van der Waals surface area contributed by atoms with Gasteiger partial charge in [-0.1, -0.05) is 35.9 Å². The number of halogens is 1. The highest BCUT2D eigenvalue weighted by molar-refractivity contribution is 6.32. The lowest BCUT2D eigenvalue weighted by atomic mass is 10.2. The van der Waals surface area contributed by atoms with Crippen LogP contribution in [-0.2, 0) is 6.54 Å². The third kappa shape index (κ3) is 3.01. The highest BCUT2D eigenvalue weighted by Gasteiger charge is 2.16. The maximum atomic E-state index is 13.0. The maximum Gasteiger partial charge on any atom is 0.280 e. The molecule has 0 aliphatic carbocycles. The molecule has 6 nitrogen and oxygen atoms in total. The van der Waals surface area contributed by atoms with E-state index in [1.807, 2.05) is 24.3 Å². The highest BCUT2D eigenvalue weighted by atomic mass is 35.5. The first kappa shape index (κ1) is 18.1. The van der Waals surface area contributed by atoms with Crippen molar-refractivity contribution < 1.29 is 4.74 Å². The zero-order chi connectivity index (χ0) is 19.8. The Morgan fingerprint density at radius 1 is 1.07 bits per heavy atom. The van der Waals surface area contributed by atoms with Crippen molar-refractivity contribution in [1.82, 2.24) is 14.3 Å². The first-order chi connectivity index (χ1) is 13.5. The van der Waals surface area contributed by atoms with E-state index >= 15 is 0 Å². The van der Waals surface area contributed by atoms with Crippen molar-refractivity contribution in [2.75, 3.05) is 7.11 Å². The van der Waals surface area contributed by atoms with Crippen LogP contribution in [0.4, 0.5) is 0 Å². The van der Waals surface area contributed by atoms with Crippen molar-refractivity contribution in [1.29, 1.82) is 0 Å². The Kier molecular flexibility index (Phi) is 4.57. The lowest BCUT2D eigenvalue weighted by Crippen LogP contribution is -2.23. The Balaban J connectivity index is 1.85. The number of fused-ring (bicyclic) bond motifs is 1. The summed E-state index contributed by atoms with van der Waals surface area (Å²) < 4.78 is 8.13. The molecule has 0 aliphatic rings. The number of pyridine rings is 1. The molecular weight excluding hydrogens is 378 g/mol. The van der Waals surface area contributed by atoms with Crippen molar-refractivity contribution in [3.8, 4) is 11.4 Å². The van der Waals surface area contributed by atoms with E-state index in [-0.39, 0.29) is 11.1 Å². The molecule has 0 bridgehead atoms. The van der Waals surface area contributed by atoms with Gasteiger partial charge in [-0.05, 0) is 36.8 Å². The number of aromatic amines is 1. The summed E-state index contributed by atoms with van der Waals surface area (Å²) in [5.74, 6) is 0.747. The average molecular weight is 396 g/mol.